The maximum absolute atomic E-state index is 13.1. The topological polar surface area (TPSA) is 136 Å². The van der Waals surface area contributed by atoms with Crippen LogP contribution >= 0.6 is 15.9 Å². The number of anilines is 2. The summed E-state index contributed by atoms with van der Waals surface area (Å²) >= 11 is 3.13. The van der Waals surface area contributed by atoms with Crippen LogP contribution in [0.25, 0.3) is 0 Å². The van der Waals surface area contributed by atoms with E-state index in [0.29, 0.717) is 27.8 Å². The van der Waals surface area contributed by atoms with Crippen LogP contribution in [-0.2, 0) is 41.4 Å². The zero-order valence-corrected chi connectivity index (χ0v) is 28.7. The van der Waals surface area contributed by atoms with E-state index in [4.69, 9.17) is 0 Å². The molecule has 4 aromatic carbocycles. The molecule has 1 N–H and O–H groups in total. The second-order valence-electron chi connectivity index (χ2n) is 9.47. The fourth-order valence-electron chi connectivity index (χ4n) is 3.64. The van der Waals surface area contributed by atoms with Crippen LogP contribution in [0.1, 0.15) is 31.8 Å². The van der Waals surface area contributed by atoms with Crippen LogP contribution in [0, 0.1) is 5.82 Å². The number of carbonyl (C=O) groups excluding carboxylic acids is 2. The quantitative estimate of drug-likeness (QED) is 0.163. The van der Waals surface area contributed by atoms with Crippen LogP contribution in [0.2, 0.25) is 0 Å². The molecule has 0 unspecified atom stereocenters. The van der Waals surface area contributed by atoms with Crippen LogP contribution in [-0.4, -0.2) is 55.5 Å². The number of alkyl halides is 1. The smallest absolute Gasteiger partial charge is 0.337 e. The van der Waals surface area contributed by atoms with Crippen molar-refractivity contribution in [1.82, 2.24) is 0 Å². The summed E-state index contributed by atoms with van der Waals surface area (Å²) in [6, 6.07) is 28.6. The van der Waals surface area contributed by atoms with Crippen LogP contribution in [0.3, 0.4) is 0 Å². The first-order valence-electron chi connectivity index (χ1n) is 13.3. The summed E-state index contributed by atoms with van der Waals surface area (Å²) in [5, 5.41) is 0.431. The summed E-state index contributed by atoms with van der Waals surface area (Å²) in [6.07, 6.45) is 2.29. The minimum Gasteiger partial charge on any atom is -0.465 e. The van der Waals surface area contributed by atoms with Crippen molar-refractivity contribution in [3.8, 4) is 0 Å². The molecule has 0 spiro atoms. The third-order valence-electron chi connectivity index (χ3n) is 5.84. The fourth-order valence-corrected chi connectivity index (χ4v) is 5.55. The normalized spacial score (nSPS) is 10.7. The van der Waals surface area contributed by atoms with Gasteiger partial charge in [-0.15, -0.1) is 0 Å². The molecule has 0 radical (unpaired) electrons. The Kier molecular flexibility index (Phi) is 14.9. The number of halogens is 2. The zero-order valence-electron chi connectivity index (χ0n) is 25.5. The average molecular weight is 738 g/mol. The molecule has 0 bridgehead atoms. The first-order valence-corrected chi connectivity index (χ1v) is 18.2. The summed E-state index contributed by atoms with van der Waals surface area (Å²) in [5.74, 6) is -1.35. The predicted molar refractivity (Wildman–Crippen MR) is 181 cm³/mol. The highest BCUT2D eigenvalue weighted by Crippen LogP contribution is 2.20. The van der Waals surface area contributed by atoms with E-state index in [-0.39, 0.29) is 12.1 Å². The lowest BCUT2D eigenvalue weighted by Gasteiger charge is -2.22. The van der Waals surface area contributed by atoms with Crippen LogP contribution in [0.5, 0.6) is 0 Å². The monoisotopic (exact) mass is 736 g/mol. The van der Waals surface area contributed by atoms with Crippen LogP contribution in [0.15, 0.2) is 103 Å². The molecule has 0 atom stereocenters. The highest BCUT2D eigenvalue weighted by Gasteiger charge is 2.18. The number of hydrogen-bond acceptors (Lipinski definition) is 8. The summed E-state index contributed by atoms with van der Waals surface area (Å²) in [4.78, 5) is 22.4. The lowest BCUT2D eigenvalue weighted by atomic mass is 10.1. The number of methoxy groups -OCH3 is 2. The third kappa shape index (κ3) is 13.0. The molecule has 46 heavy (non-hydrogen) atoms. The Bertz CT molecular complexity index is 1790. The Labute approximate surface area is 277 Å². The van der Waals surface area contributed by atoms with Crippen molar-refractivity contribution < 1.29 is 40.3 Å². The van der Waals surface area contributed by atoms with Gasteiger partial charge in [-0.2, -0.15) is 0 Å². The van der Waals surface area contributed by atoms with Gasteiger partial charge in [-0.25, -0.2) is 30.8 Å². The van der Waals surface area contributed by atoms with E-state index in [1.54, 1.807) is 78.9 Å². The van der Waals surface area contributed by atoms with E-state index in [1.165, 1.54) is 36.9 Å². The minimum absolute atomic E-state index is 0.199. The standard InChI is InChI=1S/C16H17NO4S.C9H8BrFO2.C7H9NO2S/c1-21-16(18)14-10-8-13(9-11-14)12-17(22(2,19)20)15-6-4-3-5-7-15;1-13-9(12)6-2-3-7(5-10)8(11)4-6;1-11(9,10)8-7-5-3-2-4-6-7/h3-11H,12H2,1-2H3;2-4H,5H2,1H3;2-6,8H,1H3. The predicted octanol–water partition coefficient (Wildman–Crippen LogP) is 6.00. The number of sulfonamides is 2. The molecular formula is C32H34BrFN2O8S2. The van der Waals surface area contributed by atoms with Crippen molar-refractivity contribution in [2.45, 2.75) is 11.9 Å². The van der Waals surface area contributed by atoms with Gasteiger partial charge in [0.1, 0.15) is 5.82 Å². The number of ether oxygens (including phenoxy) is 2. The van der Waals surface area contributed by atoms with Crippen LogP contribution in [0.4, 0.5) is 15.8 Å². The number of benzene rings is 4. The maximum Gasteiger partial charge on any atom is 0.337 e. The van der Waals surface area contributed by atoms with Gasteiger partial charge in [0.05, 0.1) is 50.1 Å². The Hall–Kier alpha value is -4.27. The minimum atomic E-state index is -3.41. The van der Waals surface area contributed by atoms with Gasteiger partial charge in [-0.05, 0) is 59.7 Å². The van der Waals surface area contributed by atoms with Crippen molar-refractivity contribution >= 4 is 59.3 Å². The van der Waals surface area contributed by atoms with E-state index in [1.807, 2.05) is 12.1 Å². The van der Waals surface area contributed by atoms with E-state index in [9.17, 15) is 30.8 Å². The number of rotatable bonds is 9. The molecule has 0 saturated carbocycles. The molecule has 246 valence electrons. The van der Waals surface area contributed by atoms with Gasteiger partial charge in [0.2, 0.25) is 20.0 Å². The SMILES string of the molecule is COC(=O)c1ccc(CBr)c(F)c1.COC(=O)c1ccc(CN(c2ccccc2)S(C)(=O)=O)cc1.CS(=O)(=O)Nc1ccccc1. The number of carbonyl (C=O) groups is 2. The highest BCUT2D eigenvalue weighted by molar-refractivity contribution is 9.08. The summed E-state index contributed by atoms with van der Waals surface area (Å²) in [7, 11) is -3.95. The second kappa shape index (κ2) is 18.0. The van der Waals surface area contributed by atoms with Crippen molar-refractivity contribution in [3.63, 3.8) is 0 Å². The van der Waals surface area contributed by atoms with Gasteiger partial charge >= 0.3 is 11.9 Å². The van der Waals surface area contributed by atoms with Crippen LogP contribution < -0.4 is 9.03 Å². The fraction of sp³-hybridized carbons (Fsp3) is 0.188. The second-order valence-corrected chi connectivity index (χ2v) is 13.7. The number of nitrogens with one attached hydrogen (secondary N) is 1. The van der Waals surface area contributed by atoms with E-state index >= 15 is 0 Å². The molecule has 0 aliphatic carbocycles. The Morgan fingerprint density at radius 3 is 1.72 bits per heavy atom. The Balaban J connectivity index is 0.000000261. The first-order chi connectivity index (χ1) is 21.7. The first kappa shape index (κ1) is 37.9. The highest BCUT2D eigenvalue weighted by atomic mass is 79.9. The Morgan fingerprint density at radius 2 is 1.26 bits per heavy atom. The summed E-state index contributed by atoms with van der Waals surface area (Å²) < 4.78 is 71.3. The Morgan fingerprint density at radius 1 is 0.761 bits per heavy atom. The van der Waals surface area contributed by atoms with Crippen molar-refractivity contribution in [3.05, 3.63) is 131 Å². The average Bonchev–Trinajstić information content (AvgIpc) is 3.03. The molecule has 4 rings (SSSR count). The molecule has 0 amide bonds. The summed E-state index contributed by atoms with van der Waals surface area (Å²) in [6.45, 7) is 0.199. The van der Waals surface area contributed by atoms with Gasteiger partial charge in [0, 0.05) is 11.0 Å². The molecule has 0 aliphatic heterocycles. The molecule has 0 fully saturated rings. The van der Waals surface area contributed by atoms with Crippen molar-refractivity contribution in [2.75, 3.05) is 35.8 Å². The summed E-state index contributed by atoms with van der Waals surface area (Å²) in [5.41, 5.74) is 3.15. The number of hydrogen-bond donors (Lipinski definition) is 1. The van der Waals surface area contributed by atoms with Gasteiger partial charge < -0.3 is 9.47 Å². The van der Waals surface area contributed by atoms with Crippen molar-refractivity contribution in [1.29, 1.82) is 0 Å². The van der Waals surface area contributed by atoms with Gasteiger partial charge in [0.15, 0.2) is 0 Å². The van der Waals surface area contributed by atoms with E-state index < -0.39 is 37.8 Å². The molecule has 14 heteroatoms. The molecule has 10 nitrogen and oxygen atoms in total. The van der Waals surface area contributed by atoms with E-state index in [2.05, 4.69) is 30.1 Å². The maximum atomic E-state index is 13.1. The molecule has 0 aromatic heterocycles. The molecule has 4 aromatic rings. The van der Waals surface area contributed by atoms with Gasteiger partial charge in [-0.1, -0.05) is 70.5 Å². The van der Waals surface area contributed by atoms with Gasteiger partial charge in [0.25, 0.3) is 0 Å². The molecule has 0 heterocycles. The molecule has 0 saturated heterocycles. The largest absolute Gasteiger partial charge is 0.465 e. The lowest BCUT2D eigenvalue weighted by molar-refractivity contribution is 0.0591. The number of para-hydroxylation sites is 2. The molecule has 0 aliphatic rings. The number of esters is 2. The molecular weight excluding hydrogens is 703 g/mol. The lowest BCUT2D eigenvalue weighted by Crippen LogP contribution is -2.29. The van der Waals surface area contributed by atoms with Crippen molar-refractivity contribution in [2.24, 2.45) is 0 Å². The third-order valence-corrected chi connectivity index (χ3v) is 8.19. The van der Waals surface area contributed by atoms with E-state index in [0.717, 1.165) is 11.8 Å². The number of nitrogens with zero attached hydrogens (tertiary/aromatic N) is 1. The van der Waals surface area contributed by atoms with Gasteiger partial charge in [-0.3, -0.25) is 9.03 Å². The zero-order chi connectivity index (χ0) is 34.3.